The van der Waals surface area contributed by atoms with Gasteiger partial charge in [-0.15, -0.1) is 0 Å². The van der Waals surface area contributed by atoms with Gasteiger partial charge in [0.1, 0.15) is 17.7 Å². The highest BCUT2D eigenvalue weighted by atomic mass is 19.1. The number of halogens is 1. The highest BCUT2D eigenvalue weighted by Crippen LogP contribution is 2.28. The molecule has 0 spiro atoms. The van der Waals surface area contributed by atoms with Gasteiger partial charge in [0.25, 0.3) is 0 Å². The van der Waals surface area contributed by atoms with Gasteiger partial charge in [-0.3, -0.25) is 9.79 Å². The lowest BCUT2D eigenvalue weighted by Crippen LogP contribution is -2.44. The van der Waals surface area contributed by atoms with Crippen LogP contribution in [0.4, 0.5) is 4.39 Å². The van der Waals surface area contributed by atoms with E-state index in [2.05, 4.69) is 20.9 Å². The van der Waals surface area contributed by atoms with E-state index < -0.39 is 0 Å². The van der Waals surface area contributed by atoms with E-state index in [0.29, 0.717) is 31.3 Å². The molecule has 1 saturated carbocycles. The van der Waals surface area contributed by atoms with Gasteiger partial charge < -0.3 is 20.7 Å². The highest BCUT2D eigenvalue weighted by molar-refractivity contribution is 5.81. The molecule has 132 valence electrons. The van der Waals surface area contributed by atoms with Crippen molar-refractivity contribution in [3.63, 3.8) is 0 Å². The predicted molar refractivity (Wildman–Crippen MR) is 91.6 cm³/mol. The molecule has 1 aliphatic rings. The molecule has 2 rings (SSSR count). The molecule has 1 aromatic carbocycles. The average molecular weight is 336 g/mol. The summed E-state index contributed by atoms with van der Waals surface area (Å²) in [5, 5.41) is 9.17. The lowest BCUT2D eigenvalue weighted by Gasteiger charge is -2.18. The molecule has 0 saturated heterocycles. The number of aliphatic imine (C=N–C) groups is 1. The summed E-state index contributed by atoms with van der Waals surface area (Å²) in [5.41, 5.74) is 0. The molecule has 1 aliphatic carbocycles. The average Bonchev–Trinajstić information content (AvgIpc) is 3.41. The normalized spacial score (nSPS) is 15.5. The largest absolute Gasteiger partial charge is 0.489 e. The van der Waals surface area contributed by atoms with Crippen molar-refractivity contribution in [3.05, 3.63) is 30.1 Å². The number of nitrogens with zero attached hydrogens (tertiary/aromatic N) is 1. The van der Waals surface area contributed by atoms with E-state index in [-0.39, 0.29) is 23.7 Å². The van der Waals surface area contributed by atoms with Crippen molar-refractivity contribution in [3.8, 4) is 5.75 Å². The maximum Gasteiger partial charge on any atom is 0.223 e. The fourth-order valence-corrected chi connectivity index (χ4v) is 2.10. The molecule has 0 radical (unpaired) electrons. The first kappa shape index (κ1) is 18.0. The molecule has 7 heteroatoms. The second kappa shape index (κ2) is 9.10. The fraction of sp³-hybridized carbons (Fsp3) is 0.529. The van der Waals surface area contributed by atoms with Crippen LogP contribution in [0.25, 0.3) is 0 Å². The summed E-state index contributed by atoms with van der Waals surface area (Å²) in [6, 6.07) is 5.93. The molecule has 0 aliphatic heterocycles. The molecule has 0 aromatic heterocycles. The molecule has 3 N–H and O–H groups in total. The van der Waals surface area contributed by atoms with E-state index in [1.54, 1.807) is 19.2 Å². The third-order valence-corrected chi connectivity index (χ3v) is 3.60. The third kappa shape index (κ3) is 6.44. The lowest BCUT2D eigenvalue weighted by molar-refractivity contribution is -0.122. The van der Waals surface area contributed by atoms with Crippen molar-refractivity contribution < 1.29 is 13.9 Å². The van der Waals surface area contributed by atoms with E-state index in [9.17, 15) is 9.18 Å². The number of ether oxygens (including phenoxy) is 1. The number of carbonyl (C=O) groups excluding carboxylic acids is 1. The lowest BCUT2D eigenvalue weighted by atomic mass is 10.3. The predicted octanol–water partition coefficient (Wildman–Crippen LogP) is 1.28. The minimum absolute atomic E-state index is 0.108. The second-order valence-electron chi connectivity index (χ2n) is 5.83. The number of guanidine groups is 1. The topological polar surface area (TPSA) is 74.8 Å². The van der Waals surface area contributed by atoms with Crippen LogP contribution in [-0.2, 0) is 4.79 Å². The summed E-state index contributed by atoms with van der Waals surface area (Å²) >= 11 is 0. The van der Waals surface area contributed by atoms with Crippen LogP contribution in [0.3, 0.4) is 0 Å². The van der Waals surface area contributed by atoms with E-state index in [1.165, 1.54) is 12.1 Å². The summed E-state index contributed by atoms with van der Waals surface area (Å²) in [6.45, 7) is 3.63. The van der Waals surface area contributed by atoms with E-state index in [0.717, 1.165) is 12.8 Å². The van der Waals surface area contributed by atoms with E-state index >= 15 is 0 Å². The minimum atomic E-state index is -0.286. The molecule has 1 atom stereocenters. The number of amides is 1. The van der Waals surface area contributed by atoms with Crippen LogP contribution in [0.2, 0.25) is 0 Å². The summed E-state index contributed by atoms with van der Waals surface area (Å²) in [7, 11) is 1.68. The zero-order valence-electron chi connectivity index (χ0n) is 14.1. The molecule has 1 fully saturated rings. The van der Waals surface area contributed by atoms with Gasteiger partial charge in [-0.25, -0.2) is 4.39 Å². The van der Waals surface area contributed by atoms with Gasteiger partial charge in [0.05, 0.1) is 6.54 Å². The van der Waals surface area contributed by atoms with E-state index in [1.807, 2.05) is 6.92 Å². The van der Waals surface area contributed by atoms with E-state index in [4.69, 9.17) is 4.74 Å². The van der Waals surface area contributed by atoms with Gasteiger partial charge in [-0.05, 0) is 44.0 Å². The summed E-state index contributed by atoms with van der Waals surface area (Å²) in [6.07, 6.45) is 1.91. The van der Waals surface area contributed by atoms with Crippen LogP contribution in [0.15, 0.2) is 29.3 Å². The number of carbonyl (C=O) groups is 1. The Morgan fingerprint density at radius 1 is 1.25 bits per heavy atom. The van der Waals surface area contributed by atoms with Crippen LogP contribution >= 0.6 is 0 Å². The Hall–Kier alpha value is -2.31. The Bertz CT molecular complexity index is 558. The summed E-state index contributed by atoms with van der Waals surface area (Å²) in [4.78, 5) is 15.6. The van der Waals surface area contributed by atoms with Gasteiger partial charge in [0.15, 0.2) is 5.96 Å². The Morgan fingerprint density at radius 2 is 1.92 bits per heavy atom. The van der Waals surface area contributed by atoms with Crippen molar-refractivity contribution in [2.75, 3.05) is 26.7 Å². The number of hydrogen-bond acceptors (Lipinski definition) is 3. The van der Waals surface area contributed by atoms with Crippen LogP contribution in [0.1, 0.15) is 19.8 Å². The fourth-order valence-electron chi connectivity index (χ4n) is 2.10. The first-order chi connectivity index (χ1) is 11.6. The maximum absolute atomic E-state index is 12.9. The molecule has 1 unspecified atom stereocenters. The first-order valence-electron chi connectivity index (χ1n) is 8.23. The Kier molecular flexibility index (Phi) is 6.84. The van der Waals surface area contributed by atoms with Crippen molar-refractivity contribution in [1.82, 2.24) is 16.0 Å². The molecule has 1 amide bonds. The highest BCUT2D eigenvalue weighted by Gasteiger charge is 2.28. The SMILES string of the molecule is CN=C(NCCNC(=O)C1CC1)NCC(C)Oc1ccc(F)cc1. The summed E-state index contributed by atoms with van der Waals surface area (Å²) in [5.74, 6) is 1.35. The van der Waals surface area contributed by atoms with Crippen molar-refractivity contribution in [1.29, 1.82) is 0 Å². The molecular formula is C17H25FN4O2. The minimum Gasteiger partial charge on any atom is -0.489 e. The van der Waals surface area contributed by atoms with Gasteiger partial charge >= 0.3 is 0 Å². The van der Waals surface area contributed by atoms with Crippen LogP contribution in [0, 0.1) is 11.7 Å². The Morgan fingerprint density at radius 3 is 2.54 bits per heavy atom. The van der Waals surface area contributed by atoms with Gasteiger partial charge in [-0.2, -0.15) is 0 Å². The Balaban J connectivity index is 1.61. The van der Waals surface area contributed by atoms with Crippen LogP contribution in [0.5, 0.6) is 5.75 Å². The standard InChI is InChI=1S/C17H25FN4O2/c1-12(24-15-7-5-14(18)6-8-15)11-22-17(19-2)21-10-9-20-16(23)13-3-4-13/h5-8,12-13H,3-4,9-11H2,1-2H3,(H,20,23)(H2,19,21,22). The zero-order chi connectivity index (χ0) is 17.4. The molecular weight excluding hydrogens is 311 g/mol. The molecule has 24 heavy (non-hydrogen) atoms. The van der Waals surface area contributed by atoms with Gasteiger partial charge in [-0.1, -0.05) is 0 Å². The number of hydrogen-bond donors (Lipinski definition) is 3. The van der Waals surface area contributed by atoms with Crippen molar-refractivity contribution in [2.24, 2.45) is 10.9 Å². The molecule has 6 nitrogen and oxygen atoms in total. The quantitative estimate of drug-likeness (QED) is 0.380. The number of rotatable bonds is 8. The molecule has 0 heterocycles. The van der Waals surface area contributed by atoms with Gasteiger partial charge in [0.2, 0.25) is 5.91 Å². The smallest absolute Gasteiger partial charge is 0.223 e. The Labute approximate surface area is 141 Å². The number of nitrogens with one attached hydrogen (secondary N) is 3. The van der Waals surface area contributed by atoms with Crippen molar-refractivity contribution >= 4 is 11.9 Å². The maximum atomic E-state index is 12.9. The second-order valence-corrected chi connectivity index (χ2v) is 5.83. The van der Waals surface area contributed by atoms with Crippen LogP contribution < -0.4 is 20.7 Å². The summed E-state index contributed by atoms with van der Waals surface area (Å²) < 4.78 is 18.5. The monoisotopic (exact) mass is 336 g/mol. The zero-order valence-corrected chi connectivity index (χ0v) is 14.1. The molecule has 0 bridgehead atoms. The number of benzene rings is 1. The molecule has 1 aromatic rings. The third-order valence-electron chi connectivity index (χ3n) is 3.60. The van der Waals surface area contributed by atoms with Crippen molar-refractivity contribution in [2.45, 2.75) is 25.9 Å². The first-order valence-corrected chi connectivity index (χ1v) is 8.23. The van der Waals surface area contributed by atoms with Crippen LogP contribution in [-0.4, -0.2) is 44.7 Å². The van der Waals surface area contributed by atoms with Gasteiger partial charge in [0, 0.05) is 26.1 Å².